The van der Waals surface area contributed by atoms with Gasteiger partial charge in [0, 0.05) is 7.11 Å². The molecule has 0 spiro atoms. The van der Waals surface area contributed by atoms with Gasteiger partial charge < -0.3 is 20.1 Å². The fourth-order valence-corrected chi connectivity index (χ4v) is 1.18. The molecule has 1 heterocycles. The first kappa shape index (κ1) is 12.6. The number of methoxy groups -OCH3 is 1. The smallest absolute Gasteiger partial charge is 0.358 e. The molecule has 0 bridgehead atoms. The quantitative estimate of drug-likeness (QED) is 0.544. The molecule has 0 radical (unpaired) electrons. The van der Waals surface area contributed by atoms with Gasteiger partial charge in [-0.15, -0.1) is 5.10 Å². The number of aromatic carboxylic acids is 1. The van der Waals surface area contributed by atoms with Crippen molar-refractivity contribution in [3.8, 4) is 0 Å². The lowest BCUT2D eigenvalue weighted by atomic mass is 10.3. The molecule has 0 aromatic carbocycles. The van der Waals surface area contributed by atoms with E-state index >= 15 is 0 Å². The van der Waals surface area contributed by atoms with E-state index in [1.165, 1.54) is 11.8 Å². The van der Waals surface area contributed by atoms with Crippen molar-refractivity contribution in [1.82, 2.24) is 15.0 Å². The van der Waals surface area contributed by atoms with Gasteiger partial charge in [-0.3, -0.25) is 0 Å². The minimum absolute atomic E-state index is 0.0206. The third-order valence-corrected chi connectivity index (χ3v) is 1.92. The van der Waals surface area contributed by atoms with Gasteiger partial charge in [0.2, 0.25) is 0 Å². The van der Waals surface area contributed by atoms with E-state index in [1.54, 1.807) is 0 Å². The van der Waals surface area contributed by atoms with Crippen molar-refractivity contribution < 1.29 is 24.9 Å². The zero-order valence-electron chi connectivity index (χ0n) is 8.70. The second-order valence-electron chi connectivity index (χ2n) is 3.14. The number of aromatic nitrogens is 3. The SMILES string of the molecule is COCc1c(C(=O)O)nnn1CC(O)CO. The molecule has 0 aliphatic carbocycles. The number of carboxylic acids is 1. The lowest BCUT2D eigenvalue weighted by Crippen LogP contribution is -2.22. The van der Waals surface area contributed by atoms with Gasteiger partial charge in [0.15, 0.2) is 5.69 Å². The van der Waals surface area contributed by atoms with Crippen LogP contribution in [0.5, 0.6) is 0 Å². The summed E-state index contributed by atoms with van der Waals surface area (Å²) in [7, 11) is 1.41. The Balaban J connectivity index is 2.95. The van der Waals surface area contributed by atoms with Gasteiger partial charge in [-0.25, -0.2) is 9.48 Å². The highest BCUT2D eigenvalue weighted by Gasteiger charge is 2.19. The predicted octanol–water partition coefficient (Wildman–Crippen LogP) is -1.52. The molecular weight excluding hydrogens is 218 g/mol. The van der Waals surface area contributed by atoms with Crippen LogP contribution in [0.25, 0.3) is 0 Å². The van der Waals surface area contributed by atoms with Crippen LogP contribution in [0.15, 0.2) is 0 Å². The summed E-state index contributed by atoms with van der Waals surface area (Å²) in [6.45, 7) is -0.447. The molecule has 16 heavy (non-hydrogen) atoms. The Morgan fingerprint density at radius 2 is 2.31 bits per heavy atom. The molecular formula is C8H13N3O5. The Hall–Kier alpha value is -1.51. The van der Waals surface area contributed by atoms with Gasteiger partial charge >= 0.3 is 5.97 Å². The Kier molecular flexibility index (Phi) is 4.35. The molecule has 8 nitrogen and oxygen atoms in total. The molecule has 1 rings (SSSR count). The van der Waals surface area contributed by atoms with E-state index in [1.807, 2.05) is 0 Å². The van der Waals surface area contributed by atoms with Crippen LogP contribution in [-0.4, -0.2) is 56.1 Å². The van der Waals surface area contributed by atoms with Crippen molar-refractivity contribution in [3.63, 3.8) is 0 Å². The second-order valence-corrected chi connectivity index (χ2v) is 3.14. The second kappa shape index (κ2) is 5.54. The minimum Gasteiger partial charge on any atom is -0.476 e. The molecule has 8 heteroatoms. The summed E-state index contributed by atoms with van der Waals surface area (Å²) in [5.41, 5.74) is 0.0366. The van der Waals surface area contributed by atoms with Gasteiger partial charge in [-0.1, -0.05) is 5.21 Å². The van der Waals surface area contributed by atoms with Gasteiger partial charge in [0.05, 0.1) is 31.6 Å². The summed E-state index contributed by atoms with van der Waals surface area (Å²) in [4.78, 5) is 10.8. The van der Waals surface area contributed by atoms with E-state index in [4.69, 9.17) is 14.9 Å². The van der Waals surface area contributed by atoms with Crippen LogP contribution >= 0.6 is 0 Å². The maximum Gasteiger partial charge on any atom is 0.358 e. The molecule has 0 aliphatic rings. The zero-order valence-corrected chi connectivity index (χ0v) is 8.70. The van der Waals surface area contributed by atoms with Crippen LogP contribution in [0.1, 0.15) is 16.2 Å². The number of carboxylic acid groups (broad SMARTS) is 1. The Morgan fingerprint density at radius 1 is 1.62 bits per heavy atom. The summed E-state index contributed by atoms with van der Waals surface area (Å²) >= 11 is 0. The van der Waals surface area contributed by atoms with E-state index in [-0.39, 0.29) is 24.5 Å². The molecule has 1 unspecified atom stereocenters. The van der Waals surface area contributed by atoms with Gasteiger partial charge in [0.25, 0.3) is 0 Å². The van der Waals surface area contributed by atoms with Crippen molar-refractivity contribution in [2.24, 2.45) is 0 Å². The summed E-state index contributed by atoms with van der Waals surface area (Å²) < 4.78 is 6.03. The van der Waals surface area contributed by atoms with E-state index < -0.39 is 18.7 Å². The van der Waals surface area contributed by atoms with Crippen LogP contribution in [-0.2, 0) is 17.9 Å². The van der Waals surface area contributed by atoms with Crippen LogP contribution in [0.3, 0.4) is 0 Å². The molecule has 0 amide bonds. The maximum absolute atomic E-state index is 10.8. The fraction of sp³-hybridized carbons (Fsp3) is 0.625. The largest absolute Gasteiger partial charge is 0.476 e. The maximum atomic E-state index is 10.8. The highest BCUT2D eigenvalue weighted by molar-refractivity contribution is 5.86. The van der Waals surface area contributed by atoms with Crippen molar-refractivity contribution in [3.05, 3.63) is 11.4 Å². The standard InChI is InChI=1S/C8H13N3O5/c1-16-4-6-7(8(14)15)9-10-11(6)2-5(13)3-12/h5,12-13H,2-4H2,1H3,(H,14,15). The molecule has 1 aromatic rings. The number of hydrogen-bond donors (Lipinski definition) is 3. The molecule has 0 aliphatic heterocycles. The molecule has 1 aromatic heterocycles. The molecule has 0 saturated carbocycles. The average molecular weight is 231 g/mol. The number of carbonyl (C=O) groups is 1. The zero-order chi connectivity index (χ0) is 12.1. The Labute approximate surface area is 91.1 Å². The third kappa shape index (κ3) is 2.75. The van der Waals surface area contributed by atoms with E-state index in [9.17, 15) is 9.90 Å². The molecule has 1 atom stereocenters. The summed E-state index contributed by atoms with van der Waals surface area (Å²) in [5.74, 6) is -1.21. The highest BCUT2D eigenvalue weighted by Crippen LogP contribution is 2.07. The summed E-state index contributed by atoms with van der Waals surface area (Å²) in [5, 5.41) is 33.8. The summed E-state index contributed by atoms with van der Waals surface area (Å²) in [6.07, 6.45) is -1.01. The number of ether oxygens (including phenoxy) is 1. The number of aliphatic hydroxyl groups is 2. The highest BCUT2D eigenvalue weighted by atomic mass is 16.5. The predicted molar refractivity (Wildman–Crippen MR) is 50.8 cm³/mol. The molecule has 0 fully saturated rings. The first-order chi connectivity index (χ1) is 7.60. The van der Waals surface area contributed by atoms with Gasteiger partial charge in [0.1, 0.15) is 0 Å². The van der Waals surface area contributed by atoms with E-state index in [0.29, 0.717) is 0 Å². The van der Waals surface area contributed by atoms with Crippen LogP contribution in [0.4, 0.5) is 0 Å². The minimum atomic E-state index is -1.21. The molecule has 90 valence electrons. The Bertz CT molecular complexity index is 365. The van der Waals surface area contributed by atoms with E-state index in [0.717, 1.165) is 0 Å². The van der Waals surface area contributed by atoms with Crippen molar-refractivity contribution >= 4 is 5.97 Å². The first-order valence-electron chi connectivity index (χ1n) is 4.53. The first-order valence-corrected chi connectivity index (χ1v) is 4.53. The van der Waals surface area contributed by atoms with Crippen molar-refractivity contribution in [2.45, 2.75) is 19.3 Å². The fourth-order valence-electron chi connectivity index (χ4n) is 1.18. The van der Waals surface area contributed by atoms with Gasteiger partial charge in [-0.2, -0.15) is 0 Å². The van der Waals surface area contributed by atoms with Crippen LogP contribution < -0.4 is 0 Å². The van der Waals surface area contributed by atoms with Gasteiger partial charge in [-0.05, 0) is 0 Å². The lowest BCUT2D eigenvalue weighted by Gasteiger charge is -2.09. The Morgan fingerprint density at radius 3 is 2.81 bits per heavy atom. The summed E-state index contributed by atoms with van der Waals surface area (Å²) in [6, 6.07) is 0. The normalized spacial score (nSPS) is 12.7. The van der Waals surface area contributed by atoms with Crippen LogP contribution in [0, 0.1) is 0 Å². The molecule has 3 N–H and O–H groups in total. The molecule has 0 saturated heterocycles. The van der Waals surface area contributed by atoms with Crippen LogP contribution in [0.2, 0.25) is 0 Å². The van der Waals surface area contributed by atoms with E-state index in [2.05, 4.69) is 10.3 Å². The number of nitrogens with zero attached hydrogens (tertiary/aromatic N) is 3. The topological polar surface area (TPSA) is 118 Å². The average Bonchev–Trinajstić information content (AvgIpc) is 2.62. The number of rotatable bonds is 6. The number of aliphatic hydroxyl groups excluding tert-OH is 2. The van der Waals surface area contributed by atoms with Crippen molar-refractivity contribution in [2.75, 3.05) is 13.7 Å². The third-order valence-electron chi connectivity index (χ3n) is 1.92. The monoisotopic (exact) mass is 231 g/mol. The number of hydrogen-bond acceptors (Lipinski definition) is 6. The van der Waals surface area contributed by atoms with Crippen molar-refractivity contribution in [1.29, 1.82) is 0 Å². The lowest BCUT2D eigenvalue weighted by molar-refractivity contribution is 0.0678.